The van der Waals surface area contributed by atoms with Crippen molar-refractivity contribution in [2.45, 2.75) is 13.0 Å². The van der Waals surface area contributed by atoms with Crippen molar-refractivity contribution < 1.29 is 14.3 Å². The zero-order chi connectivity index (χ0) is 21.1. The maximum Gasteiger partial charge on any atom is 0.239 e. The number of carbonyl (C=O) groups excluding carboxylic acids is 1. The van der Waals surface area contributed by atoms with Gasteiger partial charge in [-0.25, -0.2) is 0 Å². The number of nitrogens with zero attached hydrogens (tertiary/aromatic N) is 2. The minimum Gasteiger partial charge on any atom is -0.497 e. The molecule has 0 radical (unpaired) electrons. The zero-order valence-corrected chi connectivity index (χ0v) is 17.6. The van der Waals surface area contributed by atoms with Gasteiger partial charge in [0.2, 0.25) is 5.91 Å². The van der Waals surface area contributed by atoms with E-state index in [2.05, 4.69) is 27.8 Å². The highest BCUT2D eigenvalue weighted by atomic mass is 16.5. The lowest BCUT2D eigenvalue weighted by Gasteiger charge is -2.23. The maximum absolute atomic E-state index is 12.1. The summed E-state index contributed by atoms with van der Waals surface area (Å²) in [5, 5.41) is 6.02. The number of amides is 1. The first-order chi connectivity index (χ1) is 14.1. The largest absolute Gasteiger partial charge is 0.497 e. The summed E-state index contributed by atoms with van der Waals surface area (Å²) in [5.41, 5.74) is 2.19. The number of hydrogen-bond acceptors (Lipinski definition) is 4. The molecule has 0 aliphatic rings. The van der Waals surface area contributed by atoms with Crippen molar-refractivity contribution in [3.63, 3.8) is 0 Å². The summed E-state index contributed by atoms with van der Waals surface area (Å²) in [6.45, 7) is 1.33. The molecule has 0 aliphatic heterocycles. The Bertz CT molecular complexity index is 809. The summed E-state index contributed by atoms with van der Waals surface area (Å²) in [6, 6.07) is 15.8. The molecule has 156 valence electrons. The van der Waals surface area contributed by atoms with Gasteiger partial charge in [0.25, 0.3) is 0 Å². The normalized spacial score (nSPS) is 11.0. The second-order valence-electron chi connectivity index (χ2n) is 6.52. The van der Waals surface area contributed by atoms with Gasteiger partial charge < -0.3 is 25.0 Å². The van der Waals surface area contributed by atoms with Gasteiger partial charge in [0, 0.05) is 38.8 Å². The Labute approximate surface area is 172 Å². The molecule has 2 aromatic carbocycles. The first-order valence-corrected chi connectivity index (χ1v) is 9.50. The minimum absolute atomic E-state index is 0.0718. The number of ether oxygens (including phenoxy) is 2. The lowest BCUT2D eigenvalue weighted by molar-refractivity contribution is -0.120. The predicted octanol–water partition coefficient (Wildman–Crippen LogP) is 2.07. The molecule has 0 aromatic heterocycles. The highest BCUT2D eigenvalue weighted by Gasteiger charge is 2.12. The topological polar surface area (TPSA) is 75.2 Å². The van der Waals surface area contributed by atoms with E-state index in [0.29, 0.717) is 19.0 Å². The van der Waals surface area contributed by atoms with Gasteiger partial charge in [0.15, 0.2) is 5.96 Å². The number of nitrogens with one attached hydrogen (secondary N) is 2. The molecule has 29 heavy (non-hydrogen) atoms. The zero-order valence-electron chi connectivity index (χ0n) is 17.6. The van der Waals surface area contributed by atoms with Gasteiger partial charge in [-0.05, 0) is 24.1 Å². The van der Waals surface area contributed by atoms with E-state index in [1.807, 2.05) is 48.3 Å². The van der Waals surface area contributed by atoms with Crippen molar-refractivity contribution in [2.75, 3.05) is 41.4 Å². The van der Waals surface area contributed by atoms with Crippen molar-refractivity contribution in [1.82, 2.24) is 15.5 Å². The molecule has 0 unspecified atom stereocenters. The van der Waals surface area contributed by atoms with Crippen LogP contribution in [0.15, 0.2) is 53.5 Å². The van der Waals surface area contributed by atoms with E-state index >= 15 is 0 Å². The van der Waals surface area contributed by atoms with Crippen LogP contribution in [0.5, 0.6) is 11.5 Å². The van der Waals surface area contributed by atoms with Crippen LogP contribution < -0.4 is 20.1 Å². The highest BCUT2D eigenvalue weighted by Crippen LogP contribution is 2.25. The Morgan fingerprint density at radius 3 is 2.48 bits per heavy atom. The first-order valence-electron chi connectivity index (χ1n) is 9.50. The second kappa shape index (κ2) is 11.6. The van der Waals surface area contributed by atoms with Crippen LogP contribution >= 0.6 is 0 Å². The minimum atomic E-state index is -0.0718. The lowest BCUT2D eigenvalue weighted by atomic mass is 10.1. The van der Waals surface area contributed by atoms with E-state index in [9.17, 15) is 4.79 Å². The summed E-state index contributed by atoms with van der Waals surface area (Å²) >= 11 is 0. The summed E-state index contributed by atoms with van der Waals surface area (Å²) in [7, 11) is 6.85. The molecule has 0 atom stereocenters. The van der Waals surface area contributed by atoms with E-state index in [1.165, 1.54) is 5.56 Å². The lowest BCUT2D eigenvalue weighted by Crippen LogP contribution is -2.44. The molecule has 0 heterocycles. The molecule has 0 saturated carbocycles. The quantitative estimate of drug-likeness (QED) is 0.500. The van der Waals surface area contributed by atoms with Gasteiger partial charge >= 0.3 is 0 Å². The third-order valence-corrected chi connectivity index (χ3v) is 4.46. The number of carbonyl (C=O) groups is 1. The van der Waals surface area contributed by atoms with Crippen LogP contribution in [0.3, 0.4) is 0 Å². The molecular weight excluding hydrogens is 368 g/mol. The second-order valence-corrected chi connectivity index (χ2v) is 6.52. The Balaban J connectivity index is 1.82. The maximum atomic E-state index is 12.1. The van der Waals surface area contributed by atoms with Crippen LogP contribution in [-0.2, 0) is 17.8 Å². The number of hydrogen-bond donors (Lipinski definition) is 2. The molecular formula is C22H30N4O3. The van der Waals surface area contributed by atoms with E-state index < -0.39 is 0 Å². The summed E-state index contributed by atoms with van der Waals surface area (Å²) in [4.78, 5) is 18.3. The third-order valence-electron chi connectivity index (χ3n) is 4.46. The molecule has 0 spiro atoms. The molecule has 2 N–H and O–H groups in total. The van der Waals surface area contributed by atoms with Gasteiger partial charge in [-0.3, -0.25) is 9.79 Å². The fraction of sp³-hybridized carbons (Fsp3) is 0.364. The molecule has 7 nitrogen and oxygen atoms in total. The van der Waals surface area contributed by atoms with Crippen LogP contribution in [0.4, 0.5) is 0 Å². The Kier molecular flexibility index (Phi) is 8.82. The van der Waals surface area contributed by atoms with Crippen LogP contribution in [0.25, 0.3) is 0 Å². The van der Waals surface area contributed by atoms with Gasteiger partial charge in [-0.15, -0.1) is 0 Å². The molecule has 0 saturated heterocycles. The number of methoxy groups -OCH3 is 2. The number of aliphatic imine (C=N–C) groups is 1. The van der Waals surface area contributed by atoms with Crippen molar-refractivity contribution in [1.29, 1.82) is 0 Å². The molecule has 1 amide bonds. The fourth-order valence-corrected chi connectivity index (χ4v) is 2.91. The SMILES string of the molecule is CN=C(NCC(=O)NCCc1ccccc1)N(C)Cc1ccc(OC)cc1OC. The molecule has 2 rings (SSSR count). The van der Waals surface area contributed by atoms with Crippen molar-refractivity contribution in [3.8, 4) is 11.5 Å². The highest BCUT2D eigenvalue weighted by molar-refractivity contribution is 5.86. The van der Waals surface area contributed by atoms with Crippen LogP contribution in [-0.4, -0.2) is 58.2 Å². The van der Waals surface area contributed by atoms with Gasteiger partial charge in [0.1, 0.15) is 11.5 Å². The predicted molar refractivity (Wildman–Crippen MR) is 116 cm³/mol. The molecule has 0 aliphatic carbocycles. The van der Waals surface area contributed by atoms with E-state index in [-0.39, 0.29) is 12.5 Å². The van der Waals surface area contributed by atoms with Crippen molar-refractivity contribution >= 4 is 11.9 Å². The smallest absolute Gasteiger partial charge is 0.239 e. The Morgan fingerprint density at radius 2 is 1.83 bits per heavy atom. The van der Waals surface area contributed by atoms with E-state index in [4.69, 9.17) is 9.47 Å². The summed E-state index contributed by atoms with van der Waals surface area (Å²) < 4.78 is 10.7. The molecule has 2 aromatic rings. The van der Waals surface area contributed by atoms with Crippen molar-refractivity contribution in [2.24, 2.45) is 4.99 Å². The number of guanidine groups is 1. The van der Waals surface area contributed by atoms with Gasteiger partial charge in [0.05, 0.1) is 20.8 Å². The number of benzene rings is 2. The molecule has 7 heteroatoms. The van der Waals surface area contributed by atoms with Crippen LogP contribution in [0.2, 0.25) is 0 Å². The van der Waals surface area contributed by atoms with E-state index in [1.54, 1.807) is 21.3 Å². The monoisotopic (exact) mass is 398 g/mol. The van der Waals surface area contributed by atoms with Crippen LogP contribution in [0, 0.1) is 0 Å². The van der Waals surface area contributed by atoms with Crippen LogP contribution in [0.1, 0.15) is 11.1 Å². The fourth-order valence-electron chi connectivity index (χ4n) is 2.91. The van der Waals surface area contributed by atoms with E-state index in [0.717, 1.165) is 23.5 Å². The average Bonchev–Trinajstić information content (AvgIpc) is 2.75. The molecule has 0 fully saturated rings. The summed E-state index contributed by atoms with van der Waals surface area (Å²) in [6.07, 6.45) is 0.804. The third kappa shape index (κ3) is 7.03. The van der Waals surface area contributed by atoms with Gasteiger partial charge in [-0.2, -0.15) is 0 Å². The van der Waals surface area contributed by atoms with Crippen molar-refractivity contribution in [3.05, 3.63) is 59.7 Å². The first kappa shape index (κ1) is 22.1. The summed E-state index contributed by atoms with van der Waals surface area (Å²) in [5.74, 6) is 2.03. The average molecular weight is 399 g/mol. The Hall–Kier alpha value is -3.22. The number of rotatable bonds is 9. The van der Waals surface area contributed by atoms with Gasteiger partial charge in [-0.1, -0.05) is 30.3 Å². The Morgan fingerprint density at radius 1 is 1.07 bits per heavy atom. The standard InChI is InChI=1S/C22H30N4O3/c1-23-22(25-15-21(27)24-13-12-17-8-6-5-7-9-17)26(2)16-18-10-11-19(28-3)14-20(18)29-4/h5-11,14H,12-13,15-16H2,1-4H3,(H,23,25)(H,24,27). The molecule has 0 bridgehead atoms.